The highest BCUT2D eigenvalue weighted by atomic mass is 31.2. The molecule has 3 N–H and O–H groups in total. The summed E-state index contributed by atoms with van der Waals surface area (Å²) in [5.41, 5.74) is 0. The summed E-state index contributed by atoms with van der Waals surface area (Å²) < 4.78 is 68.7. The quantitative estimate of drug-likeness (QED) is 0.0222. The summed E-state index contributed by atoms with van der Waals surface area (Å²) in [6.07, 6.45) is 62.2. The van der Waals surface area contributed by atoms with Gasteiger partial charge in [-0.3, -0.25) is 37.3 Å². The average molecular weight is 1440 g/mol. The standard InChI is InChI=1S/C79H154O17P2/c1-6-9-12-15-18-21-24-27-29-30-32-34-39-44-49-54-59-64-78(83)95-74(69-90-77(82)63-58-53-48-43-38-33-31-28-25-22-19-16-13-10-7-2)70-93-97(85,86)91-66-73(80)67-92-98(87,88)94-71-75(68-89-76(81)62-57-52-47-42-37-26-23-20-17-14-11-8-3)96-79(84)65-60-55-50-45-40-35-36-41-46-51-56-61-72(4)5/h72-75,80H,6-71H2,1-5H3,(H,85,86)(H,87,88)/t73-,74-,75-/m1/s1. The molecule has 0 fully saturated rings. The van der Waals surface area contributed by atoms with E-state index in [4.69, 9.17) is 37.0 Å². The number of ether oxygens (including phenoxy) is 4. The van der Waals surface area contributed by atoms with Gasteiger partial charge in [0, 0.05) is 25.7 Å². The fourth-order valence-electron chi connectivity index (χ4n) is 12.2. The van der Waals surface area contributed by atoms with Crippen LogP contribution in [0.4, 0.5) is 0 Å². The first-order chi connectivity index (χ1) is 47.5. The molecule has 0 amide bonds. The first kappa shape index (κ1) is 96.1. The van der Waals surface area contributed by atoms with Crippen molar-refractivity contribution in [2.24, 2.45) is 5.92 Å². The summed E-state index contributed by atoms with van der Waals surface area (Å²) in [6.45, 7) is 7.33. The lowest BCUT2D eigenvalue weighted by atomic mass is 10.0. The summed E-state index contributed by atoms with van der Waals surface area (Å²) in [7, 11) is -9.92. The molecule has 2 unspecified atom stereocenters. The fraction of sp³-hybridized carbons (Fsp3) is 0.949. The Morgan fingerprint density at radius 2 is 0.469 bits per heavy atom. The molecule has 0 heterocycles. The molecule has 0 spiro atoms. The van der Waals surface area contributed by atoms with E-state index in [9.17, 15) is 43.2 Å². The van der Waals surface area contributed by atoms with Gasteiger partial charge >= 0.3 is 39.5 Å². The number of carbonyl (C=O) groups excluding carboxylic acids is 4. The number of rotatable bonds is 79. The maximum atomic E-state index is 13.1. The second-order valence-electron chi connectivity index (χ2n) is 28.9. The molecular weight excluding hydrogens is 1280 g/mol. The molecule has 0 aliphatic heterocycles. The number of aliphatic hydroxyl groups excluding tert-OH is 1. The number of hydrogen-bond donors (Lipinski definition) is 3. The lowest BCUT2D eigenvalue weighted by Crippen LogP contribution is -2.30. The van der Waals surface area contributed by atoms with E-state index in [2.05, 4.69) is 34.6 Å². The summed E-state index contributed by atoms with van der Waals surface area (Å²) in [4.78, 5) is 73.0. The zero-order valence-electron chi connectivity index (χ0n) is 63.9. The van der Waals surface area contributed by atoms with Crippen molar-refractivity contribution in [2.75, 3.05) is 39.6 Å². The van der Waals surface area contributed by atoms with Crippen LogP contribution in [0.1, 0.15) is 420 Å². The van der Waals surface area contributed by atoms with Gasteiger partial charge in [0.15, 0.2) is 12.2 Å². The van der Waals surface area contributed by atoms with Gasteiger partial charge in [0.2, 0.25) is 0 Å². The molecule has 19 heteroatoms. The normalized spacial score (nSPS) is 13.9. The number of unbranched alkanes of at least 4 members (excludes halogenated alkanes) is 51. The Bertz CT molecular complexity index is 1870. The predicted molar refractivity (Wildman–Crippen MR) is 400 cm³/mol. The number of phosphoric acid groups is 2. The van der Waals surface area contributed by atoms with Gasteiger partial charge in [-0.25, -0.2) is 9.13 Å². The van der Waals surface area contributed by atoms with E-state index >= 15 is 0 Å². The van der Waals surface area contributed by atoms with Crippen molar-refractivity contribution >= 4 is 39.5 Å². The molecule has 0 aliphatic rings. The Labute approximate surface area is 600 Å². The topological polar surface area (TPSA) is 237 Å². The Balaban J connectivity index is 5.26. The minimum Gasteiger partial charge on any atom is -0.462 e. The smallest absolute Gasteiger partial charge is 0.462 e. The Morgan fingerprint density at radius 3 is 0.694 bits per heavy atom. The average Bonchev–Trinajstić information content (AvgIpc) is 1.08. The van der Waals surface area contributed by atoms with Crippen LogP contribution in [0.3, 0.4) is 0 Å². The van der Waals surface area contributed by atoms with E-state index in [0.29, 0.717) is 25.7 Å². The van der Waals surface area contributed by atoms with Gasteiger partial charge in [-0.1, -0.05) is 369 Å². The number of carbonyl (C=O) groups is 4. The molecule has 0 aromatic carbocycles. The minimum absolute atomic E-state index is 0.107. The molecule has 0 saturated heterocycles. The molecule has 0 radical (unpaired) electrons. The van der Waals surface area contributed by atoms with Crippen LogP contribution in [-0.4, -0.2) is 96.7 Å². The monoisotopic (exact) mass is 1440 g/mol. The van der Waals surface area contributed by atoms with Crippen molar-refractivity contribution in [1.82, 2.24) is 0 Å². The SMILES string of the molecule is CCCCCCCCCCCCCCCCCCCC(=O)O[C@H](COC(=O)CCCCCCCCCCCCCCCCC)COP(=O)(O)OC[C@@H](O)COP(=O)(O)OC[C@@H](COC(=O)CCCCCCCCCCCCCC)OC(=O)CCCCCCCCCCCCCC(C)C. The van der Waals surface area contributed by atoms with E-state index in [1.807, 2.05) is 0 Å². The van der Waals surface area contributed by atoms with Crippen LogP contribution >= 0.6 is 15.6 Å². The molecular formula is C79H154O17P2. The summed E-state index contributed by atoms with van der Waals surface area (Å²) in [5, 5.41) is 10.6. The molecule has 0 bridgehead atoms. The lowest BCUT2D eigenvalue weighted by Gasteiger charge is -2.21. The summed E-state index contributed by atoms with van der Waals surface area (Å²) in [6, 6.07) is 0. The maximum absolute atomic E-state index is 13.1. The highest BCUT2D eigenvalue weighted by molar-refractivity contribution is 7.47. The van der Waals surface area contributed by atoms with Crippen molar-refractivity contribution in [2.45, 2.75) is 438 Å². The molecule has 98 heavy (non-hydrogen) atoms. The molecule has 0 aromatic rings. The fourth-order valence-corrected chi connectivity index (χ4v) is 13.8. The van der Waals surface area contributed by atoms with Crippen molar-refractivity contribution in [3.63, 3.8) is 0 Å². The van der Waals surface area contributed by atoms with Crippen molar-refractivity contribution in [3.05, 3.63) is 0 Å². The van der Waals surface area contributed by atoms with Crippen LogP contribution < -0.4 is 0 Å². The zero-order chi connectivity index (χ0) is 71.9. The highest BCUT2D eigenvalue weighted by Crippen LogP contribution is 2.45. The van der Waals surface area contributed by atoms with Crippen LogP contribution in [0.15, 0.2) is 0 Å². The first-order valence-electron chi connectivity index (χ1n) is 41.1. The number of aliphatic hydroxyl groups is 1. The van der Waals surface area contributed by atoms with Gasteiger partial charge in [-0.05, 0) is 31.6 Å². The van der Waals surface area contributed by atoms with Crippen LogP contribution in [0.25, 0.3) is 0 Å². The third-order valence-electron chi connectivity index (χ3n) is 18.5. The van der Waals surface area contributed by atoms with Crippen molar-refractivity contribution < 1.29 is 80.2 Å². The number of phosphoric ester groups is 2. The largest absolute Gasteiger partial charge is 0.472 e. The Morgan fingerprint density at radius 1 is 0.276 bits per heavy atom. The van der Waals surface area contributed by atoms with Gasteiger partial charge in [0.05, 0.1) is 26.4 Å². The number of hydrogen-bond acceptors (Lipinski definition) is 15. The van der Waals surface area contributed by atoms with E-state index in [1.165, 1.54) is 244 Å². The molecule has 0 aliphatic carbocycles. The first-order valence-corrected chi connectivity index (χ1v) is 44.1. The second-order valence-corrected chi connectivity index (χ2v) is 31.8. The van der Waals surface area contributed by atoms with Crippen LogP contribution in [0, 0.1) is 5.92 Å². The third kappa shape index (κ3) is 72.4. The molecule has 0 saturated carbocycles. The van der Waals surface area contributed by atoms with Gasteiger partial charge in [-0.15, -0.1) is 0 Å². The molecule has 5 atom stereocenters. The Hall–Kier alpha value is -1.94. The second kappa shape index (κ2) is 72.0. The molecule has 0 rings (SSSR count). The van der Waals surface area contributed by atoms with E-state index in [0.717, 1.165) is 95.8 Å². The third-order valence-corrected chi connectivity index (χ3v) is 20.4. The van der Waals surface area contributed by atoms with Crippen LogP contribution in [0.5, 0.6) is 0 Å². The van der Waals surface area contributed by atoms with E-state index in [1.54, 1.807) is 0 Å². The molecule has 0 aromatic heterocycles. The van der Waals surface area contributed by atoms with Crippen LogP contribution in [-0.2, 0) is 65.4 Å². The van der Waals surface area contributed by atoms with Crippen molar-refractivity contribution in [1.29, 1.82) is 0 Å². The summed E-state index contributed by atoms with van der Waals surface area (Å²) in [5.74, 6) is -1.34. The van der Waals surface area contributed by atoms with E-state index < -0.39 is 97.5 Å². The van der Waals surface area contributed by atoms with Gasteiger partial charge in [-0.2, -0.15) is 0 Å². The minimum atomic E-state index is -4.96. The van der Waals surface area contributed by atoms with E-state index in [-0.39, 0.29) is 25.7 Å². The molecule has 582 valence electrons. The van der Waals surface area contributed by atoms with Crippen molar-refractivity contribution in [3.8, 4) is 0 Å². The lowest BCUT2D eigenvalue weighted by molar-refractivity contribution is -0.161. The highest BCUT2D eigenvalue weighted by Gasteiger charge is 2.30. The maximum Gasteiger partial charge on any atom is 0.472 e. The van der Waals surface area contributed by atoms with Gasteiger partial charge < -0.3 is 33.8 Å². The van der Waals surface area contributed by atoms with Gasteiger partial charge in [0.1, 0.15) is 19.3 Å². The Kier molecular flexibility index (Phi) is 70.6. The predicted octanol–water partition coefficient (Wildman–Crippen LogP) is 23.6. The molecule has 17 nitrogen and oxygen atoms in total. The number of esters is 4. The zero-order valence-corrected chi connectivity index (χ0v) is 65.7. The van der Waals surface area contributed by atoms with Gasteiger partial charge in [0.25, 0.3) is 0 Å². The van der Waals surface area contributed by atoms with Crippen LogP contribution in [0.2, 0.25) is 0 Å². The summed E-state index contributed by atoms with van der Waals surface area (Å²) >= 11 is 0.